The number of nitrogens with zero attached hydrogens (tertiary/aromatic N) is 1. The molecule has 4 N–H and O–H groups in total. The maximum atomic E-state index is 12.9. The second-order valence-electron chi connectivity index (χ2n) is 7.21. The molecule has 3 unspecified atom stereocenters. The van der Waals surface area contributed by atoms with Gasteiger partial charge >= 0.3 is 0 Å². The Balaban J connectivity index is 1.84. The van der Waals surface area contributed by atoms with Crippen molar-refractivity contribution >= 4 is 23.2 Å². The number of nitrogens with two attached hydrogens (primary N) is 1. The highest BCUT2D eigenvalue weighted by molar-refractivity contribution is 6.33. The Hall–Kier alpha value is -1.30. The third-order valence-corrected chi connectivity index (χ3v) is 5.93. The van der Waals surface area contributed by atoms with Crippen LogP contribution in [0.3, 0.4) is 0 Å². The van der Waals surface area contributed by atoms with Crippen LogP contribution >= 0.6 is 11.6 Å². The van der Waals surface area contributed by atoms with E-state index < -0.39 is 6.10 Å². The Bertz CT molecular complexity index is 627. The predicted molar refractivity (Wildman–Crippen MR) is 96.4 cm³/mol. The summed E-state index contributed by atoms with van der Waals surface area (Å²) in [5, 5.41) is 13.5. The van der Waals surface area contributed by atoms with Gasteiger partial charge in [-0.05, 0) is 56.5 Å². The van der Waals surface area contributed by atoms with Crippen LogP contribution in [-0.4, -0.2) is 47.7 Å². The number of carbonyl (C=O) groups excluding carboxylic acids is 1. The SMILES string of the molecule is CC(O)C(C)c1cc(N)c(Cl)cc1C(=O)NC1CN2CCC1CC2. The summed E-state index contributed by atoms with van der Waals surface area (Å²) in [5.74, 6) is 0.232. The number of rotatable bonds is 4. The number of fused-ring (bicyclic) bond motifs is 3. The van der Waals surface area contributed by atoms with Crippen molar-refractivity contribution in [3.63, 3.8) is 0 Å². The lowest BCUT2D eigenvalue weighted by Crippen LogP contribution is -2.57. The van der Waals surface area contributed by atoms with Crippen LogP contribution in [0, 0.1) is 5.92 Å². The molecule has 6 heteroatoms. The van der Waals surface area contributed by atoms with Crippen LogP contribution in [-0.2, 0) is 0 Å². The first-order valence-corrected chi connectivity index (χ1v) is 9.04. The quantitative estimate of drug-likeness (QED) is 0.727. The van der Waals surface area contributed by atoms with E-state index in [4.69, 9.17) is 17.3 Å². The molecule has 0 saturated carbocycles. The number of nitrogen functional groups attached to an aromatic ring is 1. The fourth-order valence-electron chi connectivity index (χ4n) is 3.82. The van der Waals surface area contributed by atoms with Crippen molar-refractivity contribution in [2.75, 3.05) is 25.4 Å². The minimum atomic E-state index is -0.575. The van der Waals surface area contributed by atoms with Crippen molar-refractivity contribution in [2.24, 2.45) is 5.92 Å². The molecule has 0 aliphatic carbocycles. The number of amides is 1. The Labute approximate surface area is 148 Å². The van der Waals surface area contributed by atoms with Gasteiger partial charge in [0.1, 0.15) is 0 Å². The topological polar surface area (TPSA) is 78.6 Å². The van der Waals surface area contributed by atoms with Crippen LogP contribution in [0.1, 0.15) is 48.5 Å². The maximum absolute atomic E-state index is 12.9. The number of piperidine rings is 3. The Morgan fingerprint density at radius 1 is 1.38 bits per heavy atom. The number of halogens is 1. The smallest absolute Gasteiger partial charge is 0.251 e. The zero-order chi connectivity index (χ0) is 17.4. The van der Waals surface area contributed by atoms with Gasteiger partial charge in [-0.2, -0.15) is 0 Å². The highest BCUT2D eigenvalue weighted by atomic mass is 35.5. The highest BCUT2D eigenvalue weighted by Crippen LogP contribution is 2.32. The summed E-state index contributed by atoms with van der Waals surface area (Å²) in [7, 11) is 0. The number of hydrogen-bond donors (Lipinski definition) is 3. The number of hydrogen-bond acceptors (Lipinski definition) is 4. The first-order chi connectivity index (χ1) is 11.4. The van der Waals surface area contributed by atoms with Gasteiger partial charge in [0.2, 0.25) is 0 Å². The van der Waals surface area contributed by atoms with Gasteiger partial charge in [-0.25, -0.2) is 0 Å². The molecule has 3 fully saturated rings. The van der Waals surface area contributed by atoms with Crippen LogP contribution < -0.4 is 11.1 Å². The summed E-state index contributed by atoms with van der Waals surface area (Å²) < 4.78 is 0. The number of benzene rings is 1. The molecule has 3 atom stereocenters. The molecule has 0 radical (unpaired) electrons. The lowest BCUT2D eigenvalue weighted by molar-refractivity contribution is 0.0619. The standard InChI is InChI=1S/C18H26ClN3O2/c1-10(11(2)23)13-8-16(20)15(19)7-14(13)18(24)21-17-9-22-5-3-12(17)4-6-22/h7-8,10-12,17,23H,3-6,9,20H2,1-2H3,(H,21,24). The van der Waals surface area contributed by atoms with E-state index in [-0.39, 0.29) is 17.9 Å². The third-order valence-electron chi connectivity index (χ3n) is 5.60. The molecule has 1 aromatic carbocycles. The monoisotopic (exact) mass is 351 g/mol. The molecule has 3 heterocycles. The van der Waals surface area contributed by atoms with Gasteiger partial charge in [-0.3, -0.25) is 4.79 Å². The lowest BCUT2D eigenvalue weighted by atomic mass is 9.83. The Kier molecular flexibility index (Phi) is 5.04. The summed E-state index contributed by atoms with van der Waals surface area (Å²) in [6, 6.07) is 3.53. The number of anilines is 1. The normalized spacial score (nSPS) is 28.4. The van der Waals surface area contributed by atoms with E-state index in [2.05, 4.69) is 10.2 Å². The molecule has 132 valence electrons. The van der Waals surface area contributed by atoms with Crippen molar-refractivity contribution in [2.45, 2.75) is 44.8 Å². The molecule has 2 bridgehead atoms. The van der Waals surface area contributed by atoms with E-state index in [0.717, 1.165) is 38.0 Å². The summed E-state index contributed by atoms with van der Waals surface area (Å²) in [6.07, 6.45) is 1.71. The van der Waals surface area contributed by atoms with E-state index >= 15 is 0 Å². The predicted octanol–water partition coefficient (Wildman–Crippen LogP) is 2.23. The van der Waals surface area contributed by atoms with Crippen LogP contribution in [0.25, 0.3) is 0 Å². The molecule has 3 saturated heterocycles. The average molecular weight is 352 g/mol. The minimum absolute atomic E-state index is 0.127. The molecule has 0 aromatic heterocycles. The van der Waals surface area contributed by atoms with Crippen molar-refractivity contribution in [1.82, 2.24) is 10.2 Å². The first-order valence-electron chi connectivity index (χ1n) is 8.67. The third kappa shape index (κ3) is 3.39. The molecule has 0 spiro atoms. The maximum Gasteiger partial charge on any atom is 0.251 e. The van der Waals surface area contributed by atoms with Crippen LogP contribution in [0.5, 0.6) is 0 Å². The van der Waals surface area contributed by atoms with E-state index in [0.29, 0.717) is 22.2 Å². The van der Waals surface area contributed by atoms with Crippen molar-refractivity contribution < 1.29 is 9.90 Å². The van der Waals surface area contributed by atoms with E-state index in [9.17, 15) is 9.90 Å². The highest BCUT2D eigenvalue weighted by Gasteiger charge is 2.35. The number of nitrogens with one attached hydrogen (secondary N) is 1. The van der Waals surface area contributed by atoms with Crippen molar-refractivity contribution in [1.29, 1.82) is 0 Å². The van der Waals surface area contributed by atoms with Crippen molar-refractivity contribution in [3.05, 3.63) is 28.3 Å². The van der Waals surface area contributed by atoms with Crippen LogP contribution in [0.4, 0.5) is 5.69 Å². The fourth-order valence-corrected chi connectivity index (χ4v) is 3.98. The molecular weight excluding hydrogens is 326 g/mol. The van der Waals surface area contributed by atoms with E-state index in [1.54, 1.807) is 19.1 Å². The Morgan fingerprint density at radius 3 is 2.58 bits per heavy atom. The summed E-state index contributed by atoms with van der Waals surface area (Å²) >= 11 is 6.14. The van der Waals surface area contributed by atoms with E-state index in [1.807, 2.05) is 6.92 Å². The minimum Gasteiger partial charge on any atom is -0.398 e. The van der Waals surface area contributed by atoms with Gasteiger partial charge in [-0.15, -0.1) is 0 Å². The summed E-state index contributed by atoms with van der Waals surface area (Å²) in [4.78, 5) is 15.3. The van der Waals surface area contributed by atoms with Gasteiger partial charge in [0.25, 0.3) is 5.91 Å². The lowest BCUT2D eigenvalue weighted by Gasteiger charge is -2.45. The van der Waals surface area contributed by atoms with Gasteiger partial charge in [0, 0.05) is 24.1 Å². The average Bonchev–Trinajstić information content (AvgIpc) is 2.57. The zero-order valence-corrected chi connectivity index (χ0v) is 15.0. The second kappa shape index (κ2) is 6.90. The first kappa shape index (κ1) is 17.5. The van der Waals surface area contributed by atoms with E-state index in [1.165, 1.54) is 0 Å². The number of aliphatic hydroxyl groups excluding tert-OH is 1. The van der Waals surface area contributed by atoms with Crippen LogP contribution in [0.15, 0.2) is 12.1 Å². The van der Waals surface area contributed by atoms with Gasteiger partial charge in [-0.1, -0.05) is 18.5 Å². The molecule has 3 aliphatic rings. The molecule has 1 aromatic rings. The Morgan fingerprint density at radius 2 is 2.04 bits per heavy atom. The fraction of sp³-hybridized carbons (Fsp3) is 0.611. The summed E-state index contributed by atoms with van der Waals surface area (Å²) in [5.41, 5.74) is 7.59. The number of aliphatic hydroxyl groups is 1. The van der Waals surface area contributed by atoms with Crippen LogP contribution in [0.2, 0.25) is 5.02 Å². The molecule has 3 aliphatic heterocycles. The summed E-state index contributed by atoms with van der Waals surface area (Å²) in [6.45, 7) is 6.79. The molecule has 4 rings (SSSR count). The second-order valence-corrected chi connectivity index (χ2v) is 7.62. The molecular formula is C18H26ClN3O2. The molecule has 5 nitrogen and oxygen atoms in total. The number of carbonyl (C=O) groups is 1. The largest absolute Gasteiger partial charge is 0.398 e. The van der Waals surface area contributed by atoms with Gasteiger partial charge < -0.3 is 21.1 Å². The molecule has 1 amide bonds. The van der Waals surface area contributed by atoms with Gasteiger partial charge in [0.05, 0.1) is 16.8 Å². The zero-order valence-electron chi connectivity index (χ0n) is 14.3. The van der Waals surface area contributed by atoms with Gasteiger partial charge in [0.15, 0.2) is 0 Å². The molecule has 24 heavy (non-hydrogen) atoms. The van der Waals surface area contributed by atoms with Crippen molar-refractivity contribution in [3.8, 4) is 0 Å².